The number of nitrogens with zero attached hydrogens (tertiary/aromatic N) is 3. The molecule has 0 saturated carbocycles. The molecular weight excluding hydrogens is 294 g/mol. The first-order chi connectivity index (χ1) is 8.74. The molecule has 0 saturated heterocycles. The molecule has 5 heteroatoms. The van der Waals surface area contributed by atoms with Gasteiger partial charge in [0.05, 0.1) is 4.47 Å². The van der Waals surface area contributed by atoms with Gasteiger partial charge in [0.25, 0.3) is 0 Å². The smallest absolute Gasteiger partial charge is 0.236 e. The van der Waals surface area contributed by atoms with Crippen LogP contribution >= 0.6 is 15.9 Å². The van der Waals surface area contributed by atoms with Crippen LogP contribution in [0, 0.1) is 6.92 Å². The molecule has 4 nitrogen and oxygen atoms in total. The van der Waals surface area contributed by atoms with Crippen molar-refractivity contribution in [3.63, 3.8) is 0 Å². The molecule has 90 valence electrons. The van der Waals surface area contributed by atoms with Gasteiger partial charge in [-0.25, -0.2) is 4.98 Å². The van der Waals surface area contributed by atoms with E-state index in [9.17, 15) is 0 Å². The van der Waals surface area contributed by atoms with Gasteiger partial charge in [0.1, 0.15) is 11.6 Å². The molecule has 0 fully saturated rings. The summed E-state index contributed by atoms with van der Waals surface area (Å²) in [6, 6.07) is 13.4. The molecule has 2 aromatic heterocycles. The van der Waals surface area contributed by atoms with Crippen molar-refractivity contribution >= 4 is 21.6 Å². The normalized spacial score (nSPS) is 10.8. The van der Waals surface area contributed by atoms with Crippen LogP contribution in [0.5, 0.6) is 11.6 Å². The molecule has 0 aliphatic carbocycles. The van der Waals surface area contributed by atoms with Gasteiger partial charge in [0.15, 0.2) is 5.65 Å². The SMILES string of the molecule is Cc1nc2ccc(Br)c(Oc3ccccc3)n2n1. The van der Waals surface area contributed by atoms with E-state index in [-0.39, 0.29) is 0 Å². The van der Waals surface area contributed by atoms with Crippen molar-refractivity contribution in [3.8, 4) is 11.6 Å². The minimum Gasteiger partial charge on any atom is -0.438 e. The van der Waals surface area contributed by atoms with Crippen LogP contribution in [0.15, 0.2) is 46.9 Å². The summed E-state index contributed by atoms with van der Waals surface area (Å²) < 4.78 is 8.37. The molecule has 2 heterocycles. The van der Waals surface area contributed by atoms with E-state index in [0.717, 1.165) is 15.9 Å². The van der Waals surface area contributed by atoms with Crippen LogP contribution in [0.2, 0.25) is 0 Å². The Morgan fingerprint density at radius 1 is 1.11 bits per heavy atom. The lowest BCUT2D eigenvalue weighted by molar-refractivity contribution is 0.443. The molecule has 0 aliphatic rings. The lowest BCUT2D eigenvalue weighted by atomic mass is 10.3. The highest BCUT2D eigenvalue weighted by atomic mass is 79.9. The van der Waals surface area contributed by atoms with Gasteiger partial charge >= 0.3 is 0 Å². The summed E-state index contributed by atoms with van der Waals surface area (Å²) in [6.45, 7) is 1.85. The van der Waals surface area contributed by atoms with Crippen molar-refractivity contribution in [3.05, 3.63) is 52.8 Å². The molecule has 0 aliphatic heterocycles. The molecule has 0 amide bonds. The van der Waals surface area contributed by atoms with E-state index < -0.39 is 0 Å². The van der Waals surface area contributed by atoms with Gasteiger partial charge in [-0.1, -0.05) is 18.2 Å². The Labute approximate surface area is 112 Å². The number of hydrogen-bond acceptors (Lipinski definition) is 3. The third-order valence-electron chi connectivity index (χ3n) is 2.47. The summed E-state index contributed by atoms with van der Waals surface area (Å²) in [5.74, 6) is 2.10. The zero-order chi connectivity index (χ0) is 12.5. The maximum absolute atomic E-state index is 5.85. The van der Waals surface area contributed by atoms with E-state index in [1.54, 1.807) is 4.52 Å². The van der Waals surface area contributed by atoms with E-state index in [0.29, 0.717) is 11.7 Å². The molecule has 3 aromatic rings. The monoisotopic (exact) mass is 303 g/mol. The standard InChI is InChI=1S/C13H10BrN3O/c1-9-15-12-8-7-11(14)13(17(12)16-9)18-10-5-3-2-4-6-10/h2-8H,1H3. The number of aromatic nitrogens is 3. The van der Waals surface area contributed by atoms with Gasteiger partial charge in [0.2, 0.25) is 5.88 Å². The van der Waals surface area contributed by atoms with Crippen molar-refractivity contribution in [2.45, 2.75) is 6.92 Å². The van der Waals surface area contributed by atoms with E-state index in [1.165, 1.54) is 0 Å². The summed E-state index contributed by atoms with van der Waals surface area (Å²) in [5.41, 5.74) is 0.765. The zero-order valence-corrected chi connectivity index (χ0v) is 11.3. The number of benzene rings is 1. The predicted octanol–water partition coefficient (Wildman–Crippen LogP) is 3.59. The zero-order valence-electron chi connectivity index (χ0n) is 9.67. The number of rotatable bonds is 2. The van der Waals surface area contributed by atoms with Gasteiger partial charge in [-0.05, 0) is 47.1 Å². The fourth-order valence-electron chi connectivity index (χ4n) is 1.70. The summed E-state index contributed by atoms with van der Waals surface area (Å²) in [7, 11) is 0. The van der Waals surface area contributed by atoms with Crippen molar-refractivity contribution in [1.29, 1.82) is 0 Å². The minimum absolute atomic E-state index is 0.624. The lowest BCUT2D eigenvalue weighted by Gasteiger charge is -2.08. The number of pyridine rings is 1. The van der Waals surface area contributed by atoms with Crippen LogP contribution < -0.4 is 4.74 Å². The Kier molecular flexibility index (Phi) is 2.76. The Balaban J connectivity index is 2.13. The molecule has 0 radical (unpaired) electrons. The third kappa shape index (κ3) is 1.97. The Hall–Kier alpha value is -1.88. The number of hydrogen-bond donors (Lipinski definition) is 0. The molecule has 0 spiro atoms. The van der Waals surface area contributed by atoms with Gasteiger partial charge in [-0.3, -0.25) is 0 Å². The maximum atomic E-state index is 5.85. The number of ether oxygens (including phenoxy) is 1. The largest absolute Gasteiger partial charge is 0.438 e. The fraction of sp³-hybridized carbons (Fsp3) is 0.0769. The number of halogens is 1. The summed E-state index contributed by atoms with van der Waals surface area (Å²) >= 11 is 3.47. The van der Waals surface area contributed by atoms with E-state index in [4.69, 9.17) is 4.74 Å². The number of fused-ring (bicyclic) bond motifs is 1. The number of aryl methyl sites for hydroxylation is 1. The van der Waals surface area contributed by atoms with Crippen molar-refractivity contribution in [1.82, 2.24) is 14.6 Å². The Morgan fingerprint density at radius 2 is 1.89 bits per heavy atom. The first kappa shape index (κ1) is 11.2. The highest BCUT2D eigenvalue weighted by Gasteiger charge is 2.11. The van der Waals surface area contributed by atoms with Gasteiger partial charge in [-0.2, -0.15) is 4.52 Å². The lowest BCUT2D eigenvalue weighted by Crippen LogP contribution is -1.96. The first-order valence-corrected chi connectivity index (χ1v) is 6.28. The van der Waals surface area contributed by atoms with Gasteiger partial charge < -0.3 is 4.74 Å². The molecule has 1 aromatic carbocycles. The van der Waals surface area contributed by atoms with E-state index in [2.05, 4.69) is 26.0 Å². The number of para-hydroxylation sites is 1. The van der Waals surface area contributed by atoms with Gasteiger partial charge in [-0.15, -0.1) is 5.10 Å². The van der Waals surface area contributed by atoms with Crippen molar-refractivity contribution in [2.24, 2.45) is 0 Å². The maximum Gasteiger partial charge on any atom is 0.236 e. The quantitative estimate of drug-likeness (QED) is 0.726. The van der Waals surface area contributed by atoms with Crippen LogP contribution in [-0.4, -0.2) is 14.6 Å². The molecule has 0 N–H and O–H groups in total. The van der Waals surface area contributed by atoms with Crippen LogP contribution in [0.3, 0.4) is 0 Å². The molecule has 3 rings (SSSR count). The van der Waals surface area contributed by atoms with Crippen LogP contribution in [-0.2, 0) is 0 Å². The summed E-state index contributed by atoms with van der Waals surface area (Å²) in [4.78, 5) is 4.31. The Morgan fingerprint density at radius 3 is 2.67 bits per heavy atom. The molecule has 0 atom stereocenters. The summed E-state index contributed by atoms with van der Waals surface area (Å²) in [6.07, 6.45) is 0. The fourth-order valence-corrected chi connectivity index (χ4v) is 2.08. The van der Waals surface area contributed by atoms with Crippen LogP contribution in [0.4, 0.5) is 0 Å². The second kappa shape index (κ2) is 4.42. The third-order valence-corrected chi connectivity index (χ3v) is 3.07. The molecule has 18 heavy (non-hydrogen) atoms. The summed E-state index contributed by atoms with van der Waals surface area (Å²) in [5, 5.41) is 4.32. The molecule has 0 unspecified atom stereocenters. The predicted molar refractivity (Wildman–Crippen MR) is 71.9 cm³/mol. The van der Waals surface area contributed by atoms with Crippen molar-refractivity contribution in [2.75, 3.05) is 0 Å². The average molecular weight is 304 g/mol. The Bertz CT molecular complexity index is 694. The van der Waals surface area contributed by atoms with Crippen molar-refractivity contribution < 1.29 is 4.74 Å². The second-order valence-corrected chi connectivity index (χ2v) is 4.68. The minimum atomic E-state index is 0.624. The average Bonchev–Trinajstić information content (AvgIpc) is 2.75. The topological polar surface area (TPSA) is 39.4 Å². The second-order valence-electron chi connectivity index (χ2n) is 3.83. The molecular formula is C13H10BrN3O. The van der Waals surface area contributed by atoms with Gasteiger partial charge in [0, 0.05) is 0 Å². The highest BCUT2D eigenvalue weighted by Crippen LogP contribution is 2.29. The van der Waals surface area contributed by atoms with Crippen LogP contribution in [0.25, 0.3) is 5.65 Å². The van der Waals surface area contributed by atoms with E-state index in [1.807, 2.05) is 49.4 Å². The molecule has 0 bridgehead atoms. The highest BCUT2D eigenvalue weighted by molar-refractivity contribution is 9.10. The first-order valence-electron chi connectivity index (χ1n) is 5.49. The van der Waals surface area contributed by atoms with E-state index >= 15 is 0 Å². The van der Waals surface area contributed by atoms with Crippen LogP contribution in [0.1, 0.15) is 5.82 Å².